The van der Waals surface area contributed by atoms with Gasteiger partial charge in [-0.15, -0.1) is 0 Å². The van der Waals surface area contributed by atoms with Gasteiger partial charge >= 0.3 is 12.1 Å². The van der Waals surface area contributed by atoms with Gasteiger partial charge in [-0.2, -0.15) is 23.5 Å². The quantitative estimate of drug-likeness (QED) is 0.475. The highest BCUT2D eigenvalue weighted by molar-refractivity contribution is 8.00. The van der Waals surface area contributed by atoms with E-state index < -0.39 is 12.1 Å². The third kappa shape index (κ3) is 7.69. The van der Waals surface area contributed by atoms with Crippen LogP contribution in [-0.4, -0.2) is 54.3 Å². The molecule has 0 bridgehead atoms. The molecule has 1 N–H and O–H groups in total. The first-order valence-electron chi connectivity index (χ1n) is 6.52. The molecule has 0 aromatic carbocycles. The van der Waals surface area contributed by atoms with Crippen LogP contribution in [0, 0.1) is 0 Å². The lowest BCUT2D eigenvalue weighted by Gasteiger charge is -2.19. The Labute approximate surface area is 128 Å². The molecule has 0 aromatic heterocycles. The van der Waals surface area contributed by atoms with Gasteiger partial charge in [0.25, 0.3) is 0 Å². The zero-order chi connectivity index (χ0) is 14.8. The summed E-state index contributed by atoms with van der Waals surface area (Å²) in [4.78, 5) is 22.7. The van der Waals surface area contributed by atoms with Gasteiger partial charge in [-0.25, -0.2) is 9.59 Å². The van der Waals surface area contributed by atoms with Crippen molar-refractivity contribution in [1.29, 1.82) is 0 Å². The van der Waals surface area contributed by atoms with Crippen LogP contribution in [0.15, 0.2) is 12.2 Å². The Morgan fingerprint density at radius 3 is 2.55 bits per heavy atom. The number of carbonyl (C=O) groups excluding carboxylic acids is 2. The van der Waals surface area contributed by atoms with E-state index in [1.807, 2.05) is 23.5 Å². The molecule has 1 rings (SSSR count). The van der Waals surface area contributed by atoms with Gasteiger partial charge in [-0.3, -0.25) is 0 Å². The Hall–Kier alpha value is -0.820. The molecule has 1 heterocycles. The van der Waals surface area contributed by atoms with Gasteiger partial charge in [0.1, 0.15) is 12.7 Å². The smallest absolute Gasteiger partial charge is 0.407 e. The summed E-state index contributed by atoms with van der Waals surface area (Å²) in [5.41, 5.74) is 0.344. The van der Waals surface area contributed by atoms with Crippen LogP contribution in [0.2, 0.25) is 0 Å². The van der Waals surface area contributed by atoms with Crippen molar-refractivity contribution in [3.8, 4) is 0 Å². The minimum atomic E-state index is -0.455. The molecule has 1 saturated heterocycles. The van der Waals surface area contributed by atoms with Gasteiger partial charge in [0, 0.05) is 17.1 Å². The maximum atomic E-state index is 11.6. The van der Waals surface area contributed by atoms with E-state index in [1.165, 1.54) is 6.42 Å². The first-order valence-corrected chi connectivity index (χ1v) is 8.83. The largest absolute Gasteiger partial charge is 0.460 e. The second-order valence-corrected chi connectivity index (χ2v) is 6.67. The molecule has 114 valence electrons. The molecule has 1 aliphatic rings. The highest BCUT2D eigenvalue weighted by Crippen LogP contribution is 2.18. The maximum absolute atomic E-state index is 11.6. The number of hydrogen-bond acceptors (Lipinski definition) is 6. The fourth-order valence-corrected chi connectivity index (χ4v) is 3.68. The topological polar surface area (TPSA) is 64.6 Å². The van der Waals surface area contributed by atoms with Gasteiger partial charge in [-0.1, -0.05) is 6.58 Å². The van der Waals surface area contributed by atoms with Crippen LogP contribution in [0.3, 0.4) is 0 Å². The Kier molecular flexibility index (Phi) is 8.60. The lowest BCUT2D eigenvalue weighted by Crippen LogP contribution is -2.34. The van der Waals surface area contributed by atoms with Gasteiger partial charge < -0.3 is 14.8 Å². The van der Waals surface area contributed by atoms with Gasteiger partial charge in [0.05, 0.1) is 6.54 Å². The summed E-state index contributed by atoms with van der Waals surface area (Å²) in [6.07, 6.45) is 0.703. The molecule has 1 amide bonds. The van der Waals surface area contributed by atoms with E-state index in [0.29, 0.717) is 5.57 Å². The molecule has 7 heteroatoms. The molecule has 0 aromatic rings. The monoisotopic (exact) mass is 319 g/mol. The molecule has 0 spiro atoms. The van der Waals surface area contributed by atoms with E-state index in [0.717, 1.165) is 23.0 Å². The first-order chi connectivity index (χ1) is 9.59. The van der Waals surface area contributed by atoms with E-state index in [4.69, 9.17) is 9.47 Å². The van der Waals surface area contributed by atoms with E-state index in [-0.39, 0.29) is 19.3 Å². The first kappa shape index (κ1) is 17.2. The minimum absolute atomic E-state index is 0.0525. The van der Waals surface area contributed by atoms with Crippen molar-refractivity contribution in [2.75, 3.05) is 36.2 Å². The second-order valence-electron chi connectivity index (χ2n) is 4.37. The Bertz CT molecular complexity index is 341. The number of thioether (sulfide) groups is 2. The number of rotatable bonds is 5. The van der Waals surface area contributed by atoms with Crippen LogP contribution in [0.1, 0.15) is 13.3 Å². The fourth-order valence-electron chi connectivity index (χ4n) is 1.42. The zero-order valence-corrected chi connectivity index (χ0v) is 13.3. The number of ether oxygens (including phenoxy) is 2. The van der Waals surface area contributed by atoms with Crippen molar-refractivity contribution in [2.45, 2.75) is 19.4 Å². The standard InChI is InChI=1S/C13H21NO4S2/c1-10(2)12(15)17-5-4-14-13(16)18-11-8-19-6-3-7-20-9-11/h11H,1,3-9H2,2H3,(H,14,16). The Balaban J connectivity index is 2.12. The number of carbonyl (C=O) groups is 2. The molecule has 0 unspecified atom stereocenters. The van der Waals surface area contributed by atoms with Gasteiger partial charge in [0.2, 0.25) is 0 Å². The fraction of sp³-hybridized carbons (Fsp3) is 0.692. The SMILES string of the molecule is C=C(C)C(=O)OCCNC(=O)OC1CSCCCSC1. The summed E-state index contributed by atoms with van der Waals surface area (Å²) in [6.45, 7) is 5.41. The number of hydrogen-bond donors (Lipinski definition) is 1. The van der Waals surface area contributed by atoms with E-state index in [2.05, 4.69) is 11.9 Å². The number of nitrogens with one attached hydrogen (secondary N) is 1. The van der Waals surface area contributed by atoms with Crippen LogP contribution >= 0.6 is 23.5 Å². The predicted octanol–water partition coefficient (Wildman–Crippen LogP) is 2.07. The minimum Gasteiger partial charge on any atom is -0.460 e. The summed E-state index contributed by atoms with van der Waals surface area (Å²) in [5, 5.41) is 2.57. The highest BCUT2D eigenvalue weighted by atomic mass is 32.2. The average Bonchev–Trinajstić information content (AvgIpc) is 2.37. The third-order valence-electron chi connectivity index (χ3n) is 2.41. The normalized spacial score (nSPS) is 16.6. The van der Waals surface area contributed by atoms with Crippen LogP contribution in [-0.2, 0) is 14.3 Å². The van der Waals surface area contributed by atoms with Crippen LogP contribution in [0.5, 0.6) is 0 Å². The summed E-state index contributed by atoms with van der Waals surface area (Å²) < 4.78 is 10.2. The van der Waals surface area contributed by atoms with Crippen molar-refractivity contribution in [1.82, 2.24) is 5.32 Å². The molecule has 1 fully saturated rings. The maximum Gasteiger partial charge on any atom is 0.407 e. The van der Waals surface area contributed by atoms with Crippen LogP contribution in [0.4, 0.5) is 4.79 Å². The Morgan fingerprint density at radius 1 is 1.30 bits per heavy atom. The number of alkyl carbamates (subject to hydrolysis) is 1. The zero-order valence-electron chi connectivity index (χ0n) is 11.7. The van der Waals surface area contributed by atoms with E-state index >= 15 is 0 Å². The van der Waals surface area contributed by atoms with Crippen molar-refractivity contribution < 1.29 is 19.1 Å². The molecule has 1 aliphatic heterocycles. The highest BCUT2D eigenvalue weighted by Gasteiger charge is 2.16. The van der Waals surface area contributed by atoms with Crippen molar-refractivity contribution in [3.63, 3.8) is 0 Å². The average molecular weight is 319 g/mol. The molecule has 0 saturated carbocycles. The molecular weight excluding hydrogens is 298 g/mol. The van der Waals surface area contributed by atoms with E-state index in [1.54, 1.807) is 6.92 Å². The molecule has 5 nitrogen and oxygen atoms in total. The lowest BCUT2D eigenvalue weighted by molar-refractivity contribution is -0.138. The second kappa shape index (κ2) is 9.99. The summed E-state index contributed by atoms with van der Waals surface area (Å²) in [7, 11) is 0. The molecule has 0 radical (unpaired) electrons. The van der Waals surface area contributed by atoms with E-state index in [9.17, 15) is 9.59 Å². The molecule has 20 heavy (non-hydrogen) atoms. The predicted molar refractivity (Wildman–Crippen MR) is 83.3 cm³/mol. The lowest BCUT2D eigenvalue weighted by atomic mass is 10.4. The van der Waals surface area contributed by atoms with Gasteiger partial charge in [0.15, 0.2) is 0 Å². The van der Waals surface area contributed by atoms with Crippen molar-refractivity contribution >= 4 is 35.6 Å². The van der Waals surface area contributed by atoms with Crippen molar-refractivity contribution in [3.05, 3.63) is 12.2 Å². The van der Waals surface area contributed by atoms with Gasteiger partial charge in [-0.05, 0) is 24.9 Å². The van der Waals surface area contributed by atoms with Crippen LogP contribution in [0.25, 0.3) is 0 Å². The summed E-state index contributed by atoms with van der Waals surface area (Å²) in [5.74, 6) is 3.46. The van der Waals surface area contributed by atoms with Crippen LogP contribution < -0.4 is 5.32 Å². The Morgan fingerprint density at radius 2 is 1.95 bits per heavy atom. The van der Waals surface area contributed by atoms with Crippen molar-refractivity contribution in [2.24, 2.45) is 0 Å². The molecular formula is C13H21NO4S2. The third-order valence-corrected chi connectivity index (χ3v) is 4.78. The summed E-state index contributed by atoms with van der Waals surface area (Å²) in [6, 6.07) is 0. The molecule has 0 aliphatic carbocycles. The number of esters is 1. The number of amides is 1. The molecule has 0 atom stereocenters. The summed E-state index contributed by atoms with van der Waals surface area (Å²) >= 11 is 3.63.